The van der Waals surface area contributed by atoms with Crippen molar-refractivity contribution in [1.29, 1.82) is 0 Å². The fourth-order valence-electron chi connectivity index (χ4n) is 3.05. The van der Waals surface area contributed by atoms with Gasteiger partial charge in [-0.2, -0.15) is 0 Å². The van der Waals surface area contributed by atoms with Crippen molar-refractivity contribution >= 4 is 29.8 Å². The fraction of sp³-hybridized carbons (Fsp3) is 0.731. The zero-order valence-corrected chi connectivity index (χ0v) is 23.4. The highest BCUT2D eigenvalue weighted by Gasteiger charge is 2.30. The molecule has 212 valence electrons. The minimum absolute atomic E-state index is 0.0499. The molecule has 0 saturated heterocycles. The summed E-state index contributed by atoms with van der Waals surface area (Å²) in [5.41, 5.74) is -1.50. The van der Waals surface area contributed by atoms with Crippen molar-refractivity contribution < 1.29 is 38.2 Å². The summed E-state index contributed by atoms with van der Waals surface area (Å²) in [6.07, 6.45) is 3.83. The minimum Gasteiger partial charge on any atom is -0.467 e. The lowest BCUT2D eigenvalue weighted by molar-refractivity contribution is -0.158. The summed E-state index contributed by atoms with van der Waals surface area (Å²) in [4.78, 5) is 61.3. The van der Waals surface area contributed by atoms with Gasteiger partial charge in [-0.05, 0) is 73.6 Å². The first kappa shape index (κ1) is 33.9. The van der Waals surface area contributed by atoms with Gasteiger partial charge < -0.3 is 30.2 Å². The van der Waals surface area contributed by atoms with Gasteiger partial charge in [-0.3, -0.25) is 9.59 Å². The number of hydrogen-bond acceptors (Lipinski definition) is 8. The summed E-state index contributed by atoms with van der Waals surface area (Å²) < 4.78 is 15.4. The number of unbranched alkanes of at least 4 members (excludes halogenated alkanes) is 1. The van der Waals surface area contributed by atoms with E-state index in [0.717, 1.165) is 0 Å². The van der Waals surface area contributed by atoms with E-state index in [1.165, 1.54) is 7.11 Å². The smallest absolute Gasteiger partial charge is 0.329 e. The van der Waals surface area contributed by atoms with E-state index in [1.54, 1.807) is 47.6 Å². The molecule has 0 bridgehead atoms. The standard InChI is InChI=1S/C26H45N3O8/c1-9-10-14-20(30)27-17-12-11-13-18(22(32)35-8)28-24(34)29-19(23(33)37-26(5,6)7)15-16-21(31)36-25(2,3)4/h9,18-19H,1,10-17H2,2-8H3,(H,27,30)(H2,28,29,34)/t18-,19-/m0/s1. The molecule has 0 aromatic rings. The minimum atomic E-state index is -1.14. The SMILES string of the molecule is C=CCCC(=O)NCCCC[C@H](NC(=O)N[C@@H](CCC(=O)OC(C)(C)C)C(=O)OC(C)(C)C)C(=O)OC. The molecule has 0 aliphatic rings. The molecule has 11 nitrogen and oxygen atoms in total. The number of urea groups is 1. The van der Waals surface area contributed by atoms with Crippen LogP contribution < -0.4 is 16.0 Å². The van der Waals surface area contributed by atoms with E-state index in [9.17, 15) is 24.0 Å². The van der Waals surface area contributed by atoms with Crippen molar-refractivity contribution in [2.75, 3.05) is 13.7 Å². The molecule has 0 fully saturated rings. The Balaban J connectivity index is 5.04. The number of nitrogens with one attached hydrogen (secondary N) is 3. The maximum atomic E-state index is 12.7. The van der Waals surface area contributed by atoms with Crippen molar-refractivity contribution in [1.82, 2.24) is 16.0 Å². The normalized spacial score (nSPS) is 12.9. The largest absolute Gasteiger partial charge is 0.467 e. The molecule has 0 heterocycles. The van der Waals surface area contributed by atoms with Gasteiger partial charge in [-0.1, -0.05) is 6.08 Å². The molecule has 11 heteroatoms. The van der Waals surface area contributed by atoms with E-state index >= 15 is 0 Å². The van der Waals surface area contributed by atoms with Gasteiger partial charge in [-0.15, -0.1) is 6.58 Å². The maximum absolute atomic E-state index is 12.7. The van der Waals surface area contributed by atoms with Gasteiger partial charge in [0.1, 0.15) is 23.3 Å². The van der Waals surface area contributed by atoms with E-state index < -0.39 is 47.2 Å². The summed E-state index contributed by atoms with van der Waals surface area (Å²) in [6, 6.07) is -2.89. The number of amides is 3. The van der Waals surface area contributed by atoms with Crippen molar-refractivity contribution in [2.45, 2.75) is 110 Å². The van der Waals surface area contributed by atoms with Crippen LogP contribution in [0.1, 0.15) is 86.5 Å². The highest BCUT2D eigenvalue weighted by Crippen LogP contribution is 2.14. The highest BCUT2D eigenvalue weighted by atomic mass is 16.6. The second-order valence-corrected chi connectivity index (χ2v) is 10.6. The zero-order chi connectivity index (χ0) is 28.6. The molecule has 37 heavy (non-hydrogen) atoms. The lowest BCUT2D eigenvalue weighted by Crippen LogP contribution is -2.52. The van der Waals surface area contributed by atoms with E-state index in [0.29, 0.717) is 32.2 Å². The highest BCUT2D eigenvalue weighted by molar-refractivity contribution is 5.87. The van der Waals surface area contributed by atoms with Crippen LogP contribution in [0.25, 0.3) is 0 Å². The monoisotopic (exact) mass is 527 g/mol. The van der Waals surface area contributed by atoms with Crippen LogP contribution in [0.15, 0.2) is 12.7 Å². The van der Waals surface area contributed by atoms with Crippen LogP contribution in [0.2, 0.25) is 0 Å². The van der Waals surface area contributed by atoms with Crippen molar-refractivity contribution in [3.05, 3.63) is 12.7 Å². The second kappa shape index (κ2) is 16.6. The topological polar surface area (TPSA) is 149 Å². The van der Waals surface area contributed by atoms with Gasteiger partial charge in [0, 0.05) is 19.4 Å². The molecule has 0 aromatic carbocycles. The average Bonchev–Trinajstić information content (AvgIpc) is 2.76. The third-order valence-corrected chi connectivity index (χ3v) is 4.66. The number of allylic oxidation sites excluding steroid dienone is 1. The zero-order valence-electron chi connectivity index (χ0n) is 23.4. The average molecular weight is 528 g/mol. The molecule has 3 amide bonds. The Bertz CT molecular complexity index is 784. The Morgan fingerprint density at radius 1 is 0.811 bits per heavy atom. The van der Waals surface area contributed by atoms with Gasteiger partial charge in [-0.25, -0.2) is 14.4 Å². The van der Waals surface area contributed by atoms with Crippen LogP contribution in [-0.2, 0) is 33.4 Å². The Hall–Kier alpha value is -3.11. The quantitative estimate of drug-likeness (QED) is 0.127. The molecule has 0 aromatic heterocycles. The Labute approximate surface area is 220 Å². The fourth-order valence-corrected chi connectivity index (χ4v) is 3.05. The lowest BCUT2D eigenvalue weighted by atomic mass is 10.1. The second-order valence-electron chi connectivity index (χ2n) is 10.6. The summed E-state index contributed by atoms with van der Waals surface area (Å²) in [5.74, 6) is -1.96. The van der Waals surface area contributed by atoms with Gasteiger partial charge >= 0.3 is 23.9 Å². The Kier molecular flexibility index (Phi) is 15.2. The van der Waals surface area contributed by atoms with Gasteiger partial charge in [0.2, 0.25) is 5.91 Å². The maximum Gasteiger partial charge on any atom is 0.329 e. The Morgan fingerprint density at radius 3 is 1.89 bits per heavy atom. The number of rotatable bonds is 15. The predicted octanol–water partition coefficient (Wildman–Crippen LogP) is 2.91. The molecular formula is C26H45N3O8. The number of ether oxygens (including phenoxy) is 3. The molecule has 0 rings (SSSR count). The van der Waals surface area contributed by atoms with E-state index in [-0.39, 0.29) is 25.2 Å². The molecule has 2 atom stereocenters. The van der Waals surface area contributed by atoms with Crippen LogP contribution in [0.3, 0.4) is 0 Å². The Morgan fingerprint density at radius 2 is 1.38 bits per heavy atom. The van der Waals surface area contributed by atoms with Crippen molar-refractivity contribution in [3.8, 4) is 0 Å². The van der Waals surface area contributed by atoms with E-state index in [1.807, 2.05) is 0 Å². The molecule has 0 radical (unpaired) electrons. The van der Waals surface area contributed by atoms with Crippen LogP contribution >= 0.6 is 0 Å². The first-order valence-corrected chi connectivity index (χ1v) is 12.5. The third kappa shape index (κ3) is 17.9. The third-order valence-electron chi connectivity index (χ3n) is 4.66. The molecule has 0 saturated carbocycles. The first-order valence-electron chi connectivity index (χ1n) is 12.5. The van der Waals surface area contributed by atoms with E-state index in [4.69, 9.17) is 14.2 Å². The van der Waals surface area contributed by atoms with Gasteiger partial charge in [0.05, 0.1) is 7.11 Å². The van der Waals surface area contributed by atoms with Crippen LogP contribution in [0.5, 0.6) is 0 Å². The van der Waals surface area contributed by atoms with Crippen LogP contribution in [0.4, 0.5) is 4.79 Å². The molecule has 3 N–H and O–H groups in total. The van der Waals surface area contributed by atoms with Gasteiger partial charge in [0.15, 0.2) is 0 Å². The number of carbonyl (C=O) groups excluding carboxylic acids is 5. The first-order chi connectivity index (χ1) is 17.1. The van der Waals surface area contributed by atoms with Crippen molar-refractivity contribution in [3.63, 3.8) is 0 Å². The van der Waals surface area contributed by atoms with Gasteiger partial charge in [0.25, 0.3) is 0 Å². The number of hydrogen-bond donors (Lipinski definition) is 3. The van der Waals surface area contributed by atoms with Crippen LogP contribution in [-0.4, -0.2) is 66.8 Å². The summed E-state index contributed by atoms with van der Waals surface area (Å²) in [6.45, 7) is 14.2. The summed E-state index contributed by atoms with van der Waals surface area (Å²) in [7, 11) is 1.21. The summed E-state index contributed by atoms with van der Waals surface area (Å²) >= 11 is 0. The van der Waals surface area contributed by atoms with E-state index in [2.05, 4.69) is 22.5 Å². The molecule has 0 aliphatic carbocycles. The molecule has 0 aliphatic heterocycles. The molecule has 0 spiro atoms. The number of methoxy groups -OCH3 is 1. The van der Waals surface area contributed by atoms with Crippen LogP contribution in [0, 0.1) is 0 Å². The molecular weight excluding hydrogens is 482 g/mol. The number of carbonyl (C=O) groups is 5. The van der Waals surface area contributed by atoms with Crippen molar-refractivity contribution in [2.24, 2.45) is 0 Å². The summed E-state index contributed by atoms with van der Waals surface area (Å²) in [5, 5.41) is 7.80. The lowest BCUT2D eigenvalue weighted by Gasteiger charge is -2.26. The number of esters is 3. The predicted molar refractivity (Wildman–Crippen MR) is 138 cm³/mol. The molecule has 0 unspecified atom stereocenters.